The van der Waals surface area contributed by atoms with Crippen LogP contribution < -0.4 is 0 Å². The van der Waals surface area contributed by atoms with Crippen molar-refractivity contribution < 1.29 is 22.3 Å². The van der Waals surface area contributed by atoms with Gasteiger partial charge in [0.2, 0.25) is 0 Å². The molecule has 2 fully saturated rings. The van der Waals surface area contributed by atoms with Gasteiger partial charge in [-0.25, -0.2) is 17.6 Å². The van der Waals surface area contributed by atoms with Crippen molar-refractivity contribution in [3.63, 3.8) is 0 Å². The van der Waals surface area contributed by atoms with Crippen LogP contribution in [0.3, 0.4) is 0 Å². The maximum atomic E-state index is 15.2. The van der Waals surface area contributed by atoms with E-state index < -0.39 is 35.8 Å². The van der Waals surface area contributed by atoms with Gasteiger partial charge in [-0.3, -0.25) is 0 Å². The highest BCUT2D eigenvalue weighted by Gasteiger charge is 2.49. The number of hydrogen-bond donors (Lipinski definition) is 0. The molecule has 0 heterocycles. The molecule has 3 rings (SSSR count). The summed E-state index contributed by atoms with van der Waals surface area (Å²) in [6.07, 6.45) is 8.55. The highest BCUT2D eigenvalue weighted by atomic mass is 19.3. The largest absolute Gasteiger partial charge is 0.378 e. The molecule has 2 atom stereocenters. The van der Waals surface area contributed by atoms with Gasteiger partial charge in [-0.05, 0) is 80.8 Å². The Morgan fingerprint density at radius 1 is 1.06 bits per heavy atom. The van der Waals surface area contributed by atoms with Crippen LogP contribution in [0, 0.1) is 23.5 Å². The molecule has 1 aromatic carbocycles. The van der Waals surface area contributed by atoms with Crippen LogP contribution in [0.25, 0.3) is 0 Å². The van der Waals surface area contributed by atoms with Gasteiger partial charge in [0.05, 0.1) is 6.10 Å². The van der Waals surface area contributed by atoms with Gasteiger partial charge >= 0.3 is 0 Å². The maximum absolute atomic E-state index is 15.2. The van der Waals surface area contributed by atoms with Crippen molar-refractivity contribution in [2.45, 2.75) is 95.5 Å². The second-order valence-electron chi connectivity index (χ2n) is 9.38. The Balaban J connectivity index is 1.60. The fourth-order valence-corrected chi connectivity index (χ4v) is 5.44. The van der Waals surface area contributed by atoms with Crippen LogP contribution in [0.5, 0.6) is 0 Å². The van der Waals surface area contributed by atoms with Gasteiger partial charge in [0.1, 0.15) is 0 Å². The lowest BCUT2D eigenvalue weighted by Crippen LogP contribution is -2.41. The molecule has 1 aromatic rings. The SMILES string of the molecule is C=CCCc1ccc(C2CCC(C3CCC(OCCCC)CC3)C(F)(F)C2)c(F)c1F. The Labute approximate surface area is 184 Å². The van der Waals surface area contributed by atoms with E-state index in [4.69, 9.17) is 4.74 Å². The van der Waals surface area contributed by atoms with Crippen LogP contribution in [-0.4, -0.2) is 18.6 Å². The van der Waals surface area contributed by atoms with Crippen LogP contribution in [0.2, 0.25) is 0 Å². The molecule has 2 aliphatic carbocycles. The number of rotatable bonds is 9. The first-order valence-electron chi connectivity index (χ1n) is 11.9. The Hall–Kier alpha value is -1.36. The molecule has 2 unspecified atom stereocenters. The first-order valence-corrected chi connectivity index (χ1v) is 11.9. The zero-order valence-corrected chi connectivity index (χ0v) is 18.7. The second-order valence-corrected chi connectivity index (χ2v) is 9.38. The molecule has 0 N–H and O–H groups in total. The minimum absolute atomic E-state index is 0.00941. The van der Waals surface area contributed by atoms with Gasteiger partial charge in [-0.2, -0.15) is 0 Å². The Morgan fingerprint density at radius 3 is 2.45 bits per heavy atom. The first kappa shape index (κ1) is 24.3. The standard InChI is InChI=1S/C26H36F4O/c1-3-5-7-19-10-14-22(25(28)24(19)27)20-11-15-23(26(29,30)17-20)18-8-12-21(13-9-18)31-16-6-4-2/h3,10,14,18,20-21,23H,1,4-9,11-13,15-17H2,2H3. The Bertz CT molecular complexity index is 724. The van der Waals surface area contributed by atoms with Crippen molar-refractivity contribution in [1.29, 1.82) is 0 Å². The lowest BCUT2D eigenvalue weighted by molar-refractivity contribution is -0.123. The molecule has 31 heavy (non-hydrogen) atoms. The summed E-state index contributed by atoms with van der Waals surface area (Å²) < 4.78 is 65.3. The van der Waals surface area contributed by atoms with Crippen LogP contribution in [0.15, 0.2) is 24.8 Å². The van der Waals surface area contributed by atoms with Gasteiger partial charge < -0.3 is 4.74 Å². The highest BCUT2D eigenvalue weighted by Crippen LogP contribution is 2.51. The number of unbranched alkanes of at least 4 members (excludes halogenated alkanes) is 1. The molecule has 0 amide bonds. The third-order valence-electron chi connectivity index (χ3n) is 7.28. The van der Waals surface area contributed by atoms with Crippen LogP contribution in [-0.2, 0) is 11.2 Å². The molecule has 0 aromatic heterocycles. The van der Waals surface area contributed by atoms with E-state index in [2.05, 4.69) is 13.5 Å². The zero-order chi connectivity index (χ0) is 22.4. The van der Waals surface area contributed by atoms with Crippen molar-refractivity contribution in [1.82, 2.24) is 0 Å². The van der Waals surface area contributed by atoms with Crippen molar-refractivity contribution in [3.8, 4) is 0 Å². The molecule has 2 saturated carbocycles. The van der Waals surface area contributed by atoms with E-state index in [0.29, 0.717) is 25.7 Å². The number of ether oxygens (including phenoxy) is 1. The number of aryl methyl sites for hydroxylation is 1. The van der Waals surface area contributed by atoms with Gasteiger partial charge in [-0.1, -0.05) is 31.6 Å². The molecule has 0 saturated heterocycles. The van der Waals surface area contributed by atoms with E-state index in [1.165, 1.54) is 6.07 Å². The van der Waals surface area contributed by atoms with Crippen molar-refractivity contribution in [2.24, 2.45) is 11.8 Å². The van der Waals surface area contributed by atoms with Gasteiger partial charge in [0.25, 0.3) is 5.92 Å². The quantitative estimate of drug-likeness (QED) is 0.215. The van der Waals surface area contributed by atoms with Crippen molar-refractivity contribution >= 4 is 0 Å². The zero-order valence-electron chi connectivity index (χ0n) is 18.7. The Morgan fingerprint density at radius 2 is 1.81 bits per heavy atom. The predicted molar refractivity (Wildman–Crippen MR) is 117 cm³/mol. The smallest absolute Gasteiger partial charge is 0.251 e. The summed E-state index contributed by atoms with van der Waals surface area (Å²) in [4.78, 5) is 0. The molecular formula is C26H36F4O. The lowest BCUT2D eigenvalue weighted by atomic mass is 9.67. The molecule has 0 bridgehead atoms. The first-order chi connectivity index (χ1) is 14.9. The summed E-state index contributed by atoms with van der Waals surface area (Å²) >= 11 is 0. The molecule has 0 spiro atoms. The Kier molecular flexibility index (Phi) is 8.60. The number of hydrogen-bond acceptors (Lipinski definition) is 1. The third-order valence-corrected chi connectivity index (χ3v) is 7.28. The summed E-state index contributed by atoms with van der Waals surface area (Å²) in [5, 5.41) is 0. The molecular weight excluding hydrogens is 404 g/mol. The number of alkyl halides is 2. The van der Waals surface area contributed by atoms with Crippen molar-refractivity contribution in [3.05, 3.63) is 47.5 Å². The fraction of sp³-hybridized carbons (Fsp3) is 0.692. The van der Waals surface area contributed by atoms with E-state index in [1.54, 1.807) is 12.1 Å². The number of benzene rings is 1. The molecule has 174 valence electrons. The van der Waals surface area contributed by atoms with Crippen LogP contribution in [0.1, 0.15) is 88.2 Å². The van der Waals surface area contributed by atoms with Gasteiger partial charge in [0, 0.05) is 18.9 Å². The van der Waals surface area contributed by atoms with E-state index in [1.807, 2.05) is 0 Å². The predicted octanol–water partition coefficient (Wildman–Crippen LogP) is 7.98. The summed E-state index contributed by atoms with van der Waals surface area (Å²) in [7, 11) is 0. The van der Waals surface area contributed by atoms with Crippen LogP contribution >= 0.6 is 0 Å². The summed E-state index contributed by atoms with van der Waals surface area (Å²) in [6, 6.07) is 3.05. The average molecular weight is 441 g/mol. The topological polar surface area (TPSA) is 9.23 Å². The summed E-state index contributed by atoms with van der Waals surface area (Å²) in [5.74, 6) is -6.02. The molecule has 2 aliphatic rings. The van der Waals surface area contributed by atoms with E-state index in [9.17, 15) is 8.78 Å². The monoisotopic (exact) mass is 440 g/mol. The number of halogens is 4. The number of allylic oxidation sites excluding steroid dienone is 1. The van der Waals surface area contributed by atoms with Gasteiger partial charge in [-0.15, -0.1) is 6.58 Å². The van der Waals surface area contributed by atoms with Crippen LogP contribution in [0.4, 0.5) is 17.6 Å². The molecule has 1 nitrogen and oxygen atoms in total. The van der Waals surface area contributed by atoms with E-state index in [0.717, 1.165) is 45.1 Å². The lowest BCUT2D eigenvalue weighted by Gasteiger charge is -2.42. The average Bonchev–Trinajstić information content (AvgIpc) is 2.75. The molecule has 0 aliphatic heterocycles. The van der Waals surface area contributed by atoms with E-state index in [-0.39, 0.29) is 23.1 Å². The summed E-state index contributed by atoms with van der Waals surface area (Å²) in [5.41, 5.74) is 0.380. The van der Waals surface area contributed by atoms with Crippen molar-refractivity contribution in [2.75, 3.05) is 6.61 Å². The second kappa shape index (κ2) is 11.0. The summed E-state index contributed by atoms with van der Waals surface area (Å²) in [6.45, 7) is 6.47. The highest BCUT2D eigenvalue weighted by molar-refractivity contribution is 5.30. The van der Waals surface area contributed by atoms with E-state index >= 15 is 8.78 Å². The fourth-order valence-electron chi connectivity index (χ4n) is 5.44. The third kappa shape index (κ3) is 5.91. The molecule has 5 heteroatoms. The molecule has 0 radical (unpaired) electrons. The maximum Gasteiger partial charge on any atom is 0.251 e. The minimum atomic E-state index is -2.85. The van der Waals surface area contributed by atoms with Gasteiger partial charge in [0.15, 0.2) is 11.6 Å². The normalized spacial score (nSPS) is 28.4. The minimum Gasteiger partial charge on any atom is -0.378 e.